The van der Waals surface area contributed by atoms with E-state index in [1.54, 1.807) is 0 Å². The minimum Gasteiger partial charge on any atom is -0.469 e. The highest BCUT2D eigenvalue weighted by atomic mass is 16.5. The molecule has 1 N–H and O–H groups in total. The molecule has 1 aliphatic rings. The van der Waals surface area contributed by atoms with E-state index in [4.69, 9.17) is 4.74 Å². The Hall–Kier alpha value is -1.39. The number of nitrogens with zero attached hydrogens (tertiary/aromatic N) is 1. The third-order valence-electron chi connectivity index (χ3n) is 4.11. The summed E-state index contributed by atoms with van der Waals surface area (Å²) in [5.74, 6) is 0.390. The smallest absolute Gasteiger partial charge is 0.306 e. The number of nitrogens with one attached hydrogen (secondary N) is 1. The maximum Gasteiger partial charge on any atom is 0.306 e. The van der Waals surface area contributed by atoms with Crippen molar-refractivity contribution >= 4 is 5.97 Å². The summed E-state index contributed by atoms with van der Waals surface area (Å²) in [4.78, 5) is 13.6. The molecule has 1 atom stereocenters. The summed E-state index contributed by atoms with van der Waals surface area (Å²) in [6.45, 7) is 8.12. The number of esters is 1. The van der Waals surface area contributed by atoms with Gasteiger partial charge in [-0.2, -0.15) is 0 Å². The number of rotatable bonds is 5. The lowest BCUT2D eigenvalue weighted by molar-refractivity contribution is -0.141. The lowest BCUT2D eigenvalue weighted by atomic mass is 9.92. The quantitative estimate of drug-likeness (QED) is 0.845. The summed E-state index contributed by atoms with van der Waals surface area (Å²) in [6.07, 6.45) is 0.467. The number of piperazine rings is 1. The second-order valence-corrected chi connectivity index (χ2v) is 5.92. The predicted molar refractivity (Wildman–Crippen MR) is 84.3 cm³/mol. The highest BCUT2D eigenvalue weighted by Crippen LogP contribution is 2.26. The fraction of sp³-hybridized carbons (Fsp3) is 0.588. The summed E-state index contributed by atoms with van der Waals surface area (Å²) in [5.41, 5.74) is 2.79. The number of ether oxygens (including phenoxy) is 1. The molecule has 0 aromatic heterocycles. The number of carbonyl (C=O) groups excluding carboxylic acids is 1. The van der Waals surface area contributed by atoms with E-state index in [1.807, 2.05) is 0 Å². The molecular weight excluding hydrogens is 264 g/mol. The highest BCUT2D eigenvalue weighted by molar-refractivity contribution is 5.69. The Labute approximate surface area is 127 Å². The number of benzene rings is 1. The van der Waals surface area contributed by atoms with Gasteiger partial charge < -0.3 is 10.1 Å². The van der Waals surface area contributed by atoms with Crippen LogP contribution >= 0.6 is 0 Å². The van der Waals surface area contributed by atoms with Crippen LogP contribution in [0.3, 0.4) is 0 Å². The van der Waals surface area contributed by atoms with E-state index in [9.17, 15) is 4.79 Å². The number of methoxy groups -OCH3 is 1. The molecular formula is C17H26N2O2. The molecule has 4 heteroatoms. The summed E-state index contributed by atoms with van der Waals surface area (Å²) in [7, 11) is 1.45. The molecule has 1 aromatic rings. The minimum atomic E-state index is -0.132. The molecule has 0 bridgehead atoms. The van der Waals surface area contributed by atoms with Gasteiger partial charge in [0.1, 0.15) is 0 Å². The maximum atomic E-state index is 11.3. The first kappa shape index (κ1) is 16.0. The van der Waals surface area contributed by atoms with Crippen LogP contribution in [-0.2, 0) is 9.53 Å². The maximum absolute atomic E-state index is 11.3. The van der Waals surface area contributed by atoms with E-state index in [0.717, 1.165) is 26.2 Å². The van der Waals surface area contributed by atoms with Crippen molar-refractivity contribution in [2.45, 2.75) is 32.2 Å². The van der Waals surface area contributed by atoms with Gasteiger partial charge in [0.25, 0.3) is 0 Å². The van der Waals surface area contributed by atoms with Gasteiger partial charge in [-0.15, -0.1) is 0 Å². The van der Waals surface area contributed by atoms with Crippen LogP contribution in [0.15, 0.2) is 24.3 Å². The van der Waals surface area contributed by atoms with E-state index in [-0.39, 0.29) is 5.97 Å². The average molecular weight is 290 g/mol. The van der Waals surface area contributed by atoms with E-state index >= 15 is 0 Å². The molecule has 21 heavy (non-hydrogen) atoms. The van der Waals surface area contributed by atoms with Crippen molar-refractivity contribution in [2.75, 3.05) is 33.3 Å². The zero-order valence-electron chi connectivity index (χ0n) is 13.3. The molecule has 1 heterocycles. The predicted octanol–water partition coefficient (Wildman–Crippen LogP) is 2.32. The Balaban J connectivity index is 2.02. The van der Waals surface area contributed by atoms with Gasteiger partial charge in [-0.1, -0.05) is 38.1 Å². The van der Waals surface area contributed by atoms with Crippen LogP contribution in [0.1, 0.15) is 43.4 Å². The lowest BCUT2D eigenvalue weighted by Gasteiger charge is -2.35. The molecule has 1 aromatic carbocycles. The lowest BCUT2D eigenvalue weighted by Crippen LogP contribution is -2.46. The van der Waals surface area contributed by atoms with Crippen molar-refractivity contribution in [3.05, 3.63) is 35.4 Å². The zero-order chi connectivity index (χ0) is 15.2. The number of carbonyl (C=O) groups is 1. The molecule has 116 valence electrons. The van der Waals surface area contributed by atoms with Gasteiger partial charge in [0, 0.05) is 32.2 Å². The largest absolute Gasteiger partial charge is 0.469 e. The Kier molecular flexibility index (Phi) is 5.76. The van der Waals surface area contributed by atoms with Crippen LogP contribution in [0.4, 0.5) is 0 Å². The second-order valence-electron chi connectivity index (χ2n) is 5.92. The third kappa shape index (κ3) is 4.29. The van der Waals surface area contributed by atoms with Crippen LogP contribution in [0.2, 0.25) is 0 Å². The van der Waals surface area contributed by atoms with Gasteiger partial charge in [-0.3, -0.25) is 9.69 Å². The first-order valence-corrected chi connectivity index (χ1v) is 7.73. The molecule has 0 radical (unpaired) electrons. The molecule has 2 rings (SSSR count). The van der Waals surface area contributed by atoms with Gasteiger partial charge in [-0.25, -0.2) is 0 Å². The Morgan fingerprint density at radius 2 is 2.19 bits per heavy atom. The highest BCUT2D eigenvalue weighted by Gasteiger charge is 2.23. The molecule has 1 unspecified atom stereocenters. The van der Waals surface area contributed by atoms with E-state index in [1.165, 1.54) is 18.2 Å². The van der Waals surface area contributed by atoms with Gasteiger partial charge in [0.05, 0.1) is 13.5 Å². The van der Waals surface area contributed by atoms with Crippen LogP contribution in [0, 0.1) is 0 Å². The molecule has 1 saturated heterocycles. The van der Waals surface area contributed by atoms with Crippen LogP contribution in [0.5, 0.6) is 0 Å². The summed E-state index contributed by atoms with van der Waals surface area (Å²) in [5, 5.41) is 3.60. The standard InChI is InChI=1S/C17H26N2O2/c1-13(2)14-6-4-5-7-15(14)16-12-19(11-9-18-16)10-8-17(20)21-3/h4-7,13,16,18H,8-12H2,1-3H3. The van der Waals surface area contributed by atoms with Crippen molar-refractivity contribution in [1.29, 1.82) is 0 Å². The van der Waals surface area contributed by atoms with Crippen molar-refractivity contribution in [2.24, 2.45) is 0 Å². The number of hydrogen-bond acceptors (Lipinski definition) is 4. The Morgan fingerprint density at radius 3 is 2.90 bits per heavy atom. The van der Waals surface area contributed by atoms with E-state index in [0.29, 0.717) is 18.4 Å². The minimum absolute atomic E-state index is 0.132. The topological polar surface area (TPSA) is 41.6 Å². The van der Waals surface area contributed by atoms with Crippen LogP contribution < -0.4 is 5.32 Å². The molecule has 0 amide bonds. The zero-order valence-corrected chi connectivity index (χ0v) is 13.3. The summed E-state index contributed by atoms with van der Waals surface area (Å²) >= 11 is 0. The van der Waals surface area contributed by atoms with Gasteiger partial charge >= 0.3 is 5.97 Å². The monoisotopic (exact) mass is 290 g/mol. The van der Waals surface area contributed by atoms with Crippen molar-refractivity contribution < 1.29 is 9.53 Å². The first-order valence-electron chi connectivity index (χ1n) is 7.73. The fourth-order valence-corrected chi connectivity index (χ4v) is 2.93. The molecule has 0 aliphatic carbocycles. The normalized spacial score (nSPS) is 19.7. The first-order chi connectivity index (χ1) is 10.1. The van der Waals surface area contributed by atoms with Gasteiger partial charge in [0.2, 0.25) is 0 Å². The van der Waals surface area contributed by atoms with E-state index < -0.39 is 0 Å². The van der Waals surface area contributed by atoms with Crippen molar-refractivity contribution in [3.63, 3.8) is 0 Å². The third-order valence-corrected chi connectivity index (χ3v) is 4.11. The summed E-state index contributed by atoms with van der Waals surface area (Å²) in [6, 6.07) is 8.99. The molecule has 0 saturated carbocycles. The Bertz CT molecular complexity index is 474. The molecule has 1 aliphatic heterocycles. The summed E-state index contributed by atoms with van der Waals surface area (Å²) < 4.78 is 4.72. The Morgan fingerprint density at radius 1 is 1.43 bits per heavy atom. The van der Waals surface area contributed by atoms with Crippen molar-refractivity contribution in [3.8, 4) is 0 Å². The SMILES string of the molecule is COC(=O)CCN1CCNC(c2ccccc2C(C)C)C1. The van der Waals surface area contributed by atoms with Crippen LogP contribution in [0.25, 0.3) is 0 Å². The average Bonchev–Trinajstić information content (AvgIpc) is 2.52. The molecule has 4 nitrogen and oxygen atoms in total. The van der Waals surface area contributed by atoms with Gasteiger partial charge in [0.15, 0.2) is 0 Å². The van der Waals surface area contributed by atoms with E-state index in [2.05, 4.69) is 48.3 Å². The molecule has 1 fully saturated rings. The fourth-order valence-electron chi connectivity index (χ4n) is 2.93. The van der Waals surface area contributed by atoms with Crippen LogP contribution in [-0.4, -0.2) is 44.2 Å². The second kappa shape index (κ2) is 7.57. The molecule has 0 spiro atoms. The van der Waals surface area contributed by atoms with Gasteiger partial charge in [-0.05, 0) is 17.0 Å². The van der Waals surface area contributed by atoms with Crippen molar-refractivity contribution in [1.82, 2.24) is 10.2 Å². The number of hydrogen-bond donors (Lipinski definition) is 1.